The predicted octanol–water partition coefficient (Wildman–Crippen LogP) is 1.16. The number of aromatic nitrogens is 2. The number of carbonyl (C=O) groups excluding carboxylic acids is 2. The second-order valence-electron chi connectivity index (χ2n) is 5.64. The van der Waals surface area contributed by atoms with E-state index in [-0.39, 0.29) is 23.2 Å². The highest BCUT2D eigenvalue weighted by molar-refractivity contribution is 14.1. The van der Waals surface area contributed by atoms with Crippen LogP contribution in [0.15, 0.2) is 27.8 Å². The average Bonchev–Trinajstić information content (AvgIpc) is 2.58. The number of esters is 1. The van der Waals surface area contributed by atoms with Crippen LogP contribution in [0.1, 0.15) is 28.5 Å². The Morgan fingerprint density at radius 3 is 2.42 bits per heavy atom. The van der Waals surface area contributed by atoms with Gasteiger partial charge in [0.25, 0.3) is 5.56 Å². The number of hydrogen-bond acceptors (Lipinski definition) is 5. The summed E-state index contributed by atoms with van der Waals surface area (Å²) in [6.45, 7) is 0.499. The van der Waals surface area contributed by atoms with Crippen molar-refractivity contribution in [2.24, 2.45) is 14.1 Å². The predicted molar refractivity (Wildman–Crippen MR) is 99.8 cm³/mol. The fourth-order valence-electron chi connectivity index (χ4n) is 2.46. The molecule has 0 bridgehead atoms. The Kier molecular flexibility index (Phi) is 6.11. The van der Waals surface area contributed by atoms with Crippen molar-refractivity contribution in [1.29, 1.82) is 0 Å². The van der Waals surface area contributed by atoms with Gasteiger partial charge in [-0.1, -0.05) is 6.07 Å². The maximum absolute atomic E-state index is 14.2. The smallest absolute Gasteiger partial charge is 0.330 e. The largest absolute Gasteiger partial charge is 0.457 e. The lowest BCUT2D eigenvalue weighted by molar-refractivity contribution is -0.139. The summed E-state index contributed by atoms with van der Waals surface area (Å²) in [4.78, 5) is 48.1. The topological polar surface area (TPSA) is 87.4 Å². The van der Waals surface area contributed by atoms with Crippen LogP contribution in [0.3, 0.4) is 0 Å². The summed E-state index contributed by atoms with van der Waals surface area (Å²) >= 11 is 1.96. The number of hydrogen-bond donors (Lipinski definition) is 0. The molecule has 0 unspecified atom stereocenters. The van der Waals surface area contributed by atoms with E-state index in [4.69, 9.17) is 0 Å². The van der Waals surface area contributed by atoms with Crippen molar-refractivity contribution in [3.8, 4) is 0 Å². The Morgan fingerprint density at radius 1 is 1.19 bits per heavy atom. The van der Waals surface area contributed by atoms with Crippen molar-refractivity contribution in [3.63, 3.8) is 0 Å². The molecule has 0 fully saturated rings. The summed E-state index contributed by atoms with van der Waals surface area (Å²) in [7, 11) is 2.63. The molecule has 0 radical (unpaired) electrons. The number of ether oxygens (including phenoxy) is 1. The Balaban J connectivity index is 2.63. The summed E-state index contributed by atoms with van der Waals surface area (Å²) < 4.78 is 21.5. The van der Waals surface area contributed by atoms with Crippen LogP contribution in [0, 0.1) is 9.39 Å². The highest BCUT2D eigenvalue weighted by atomic mass is 127. The van der Waals surface area contributed by atoms with Crippen LogP contribution in [0.4, 0.5) is 4.39 Å². The molecule has 0 aliphatic rings. The molecule has 1 aromatic carbocycles. The van der Waals surface area contributed by atoms with E-state index in [2.05, 4.69) is 4.74 Å². The molecule has 7 nitrogen and oxygen atoms in total. The average molecular weight is 474 g/mol. The van der Waals surface area contributed by atoms with Gasteiger partial charge in [0.05, 0.1) is 0 Å². The fourth-order valence-corrected chi connectivity index (χ4v) is 2.91. The summed E-state index contributed by atoms with van der Waals surface area (Å²) in [5, 5.41) is 0. The molecule has 1 heterocycles. The minimum absolute atomic E-state index is 0.0651. The maximum Gasteiger partial charge on any atom is 0.330 e. The molecular formula is C17H16FIN2O5. The number of benzene rings is 1. The SMILES string of the molecule is CC(=O)OCC(=O)c1c(Cc2ccc(I)cc2F)n(C)c(=O)n(C)c1=O. The van der Waals surface area contributed by atoms with Crippen LogP contribution in [0.5, 0.6) is 0 Å². The van der Waals surface area contributed by atoms with Crippen LogP contribution >= 0.6 is 22.6 Å². The second-order valence-corrected chi connectivity index (χ2v) is 6.89. The van der Waals surface area contributed by atoms with Gasteiger partial charge in [0.2, 0.25) is 5.78 Å². The molecule has 0 saturated heterocycles. The molecule has 0 amide bonds. The van der Waals surface area contributed by atoms with Crippen LogP contribution < -0.4 is 11.2 Å². The Hall–Kier alpha value is -2.30. The zero-order valence-electron chi connectivity index (χ0n) is 14.3. The van der Waals surface area contributed by atoms with Crippen molar-refractivity contribution < 1.29 is 18.7 Å². The molecule has 0 spiro atoms. The number of carbonyl (C=O) groups is 2. The highest BCUT2D eigenvalue weighted by Gasteiger charge is 2.23. The van der Waals surface area contributed by atoms with Crippen LogP contribution in [0.2, 0.25) is 0 Å². The molecule has 0 N–H and O–H groups in total. The number of ketones is 1. The first kappa shape index (κ1) is 20.0. The Morgan fingerprint density at radius 2 is 1.85 bits per heavy atom. The maximum atomic E-state index is 14.2. The molecule has 0 atom stereocenters. The van der Waals surface area contributed by atoms with Crippen LogP contribution in [-0.2, 0) is 30.0 Å². The molecule has 1 aromatic heterocycles. The van der Waals surface area contributed by atoms with Crippen molar-refractivity contribution in [2.75, 3.05) is 6.61 Å². The quantitative estimate of drug-likeness (QED) is 0.369. The van der Waals surface area contributed by atoms with Crippen molar-refractivity contribution in [2.45, 2.75) is 13.3 Å². The number of rotatable bonds is 5. The Bertz CT molecular complexity index is 1010. The summed E-state index contributed by atoms with van der Waals surface area (Å²) in [6, 6.07) is 4.52. The molecule has 2 aromatic rings. The van der Waals surface area contributed by atoms with E-state index in [0.29, 0.717) is 3.57 Å². The van der Waals surface area contributed by atoms with E-state index >= 15 is 0 Å². The first-order valence-corrected chi connectivity index (χ1v) is 8.60. The molecule has 0 aliphatic carbocycles. The number of Topliss-reactive ketones (excluding diaryl/α,β-unsaturated/α-hetero) is 1. The molecule has 0 saturated carbocycles. The second kappa shape index (κ2) is 7.94. The summed E-state index contributed by atoms with van der Waals surface area (Å²) in [5.74, 6) is -1.94. The molecular weight excluding hydrogens is 458 g/mol. The van der Waals surface area contributed by atoms with Gasteiger partial charge in [-0.15, -0.1) is 0 Å². The van der Waals surface area contributed by atoms with Crippen molar-refractivity contribution >= 4 is 34.3 Å². The van der Waals surface area contributed by atoms with Gasteiger partial charge >= 0.3 is 11.7 Å². The lowest BCUT2D eigenvalue weighted by Gasteiger charge is -2.15. The van der Waals surface area contributed by atoms with Crippen molar-refractivity contribution in [3.05, 3.63) is 65.2 Å². The first-order valence-electron chi connectivity index (χ1n) is 7.52. The molecule has 9 heteroatoms. The summed E-state index contributed by atoms with van der Waals surface area (Å²) in [5.41, 5.74) is -1.45. The molecule has 0 aliphatic heterocycles. The normalized spacial score (nSPS) is 10.7. The van der Waals surface area contributed by atoms with Gasteiger partial charge in [0.15, 0.2) is 6.61 Å². The van der Waals surface area contributed by atoms with Gasteiger partial charge in [0, 0.05) is 36.7 Å². The number of nitrogens with zero attached hydrogens (tertiary/aromatic N) is 2. The van der Waals surface area contributed by atoms with Gasteiger partial charge < -0.3 is 4.74 Å². The van der Waals surface area contributed by atoms with Gasteiger partial charge in [-0.05, 0) is 40.3 Å². The standard InChI is InChI=1S/C17H16FIN2O5/c1-9(22)26-8-14(23)15-13(20(2)17(25)21(3)16(15)24)6-10-4-5-11(19)7-12(10)18/h4-5,7H,6,8H2,1-3H3. The van der Waals surface area contributed by atoms with E-state index in [1.807, 2.05) is 22.6 Å². The third-order valence-corrected chi connectivity index (χ3v) is 4.52. The van der Waals surface area contributed by atoms with E-state index in [0.717, 1.165) is 16.1 Å². The van der Waals surface area contributed by atoms with E-state index in [9.17, 15) is 23.6 Å². The minimum atomic E-state index is -0.814. The molecule has 2 rings (SSSR count). The van der Waals surface area contributed by atoms with E-state index < -0.39 is 35.4 Å². The van der Waals surface area contributed by atoms with E-state index in [1.165, 1.54) is 26.2 Å². The Labute approximate surface area is 161 Å². The third kappa shape index (κ3) is 4.09. The zero-order valence-corrected chi connectivity index (χ0v) is 16.5. The van der Waals surface area contributed by atoms with Crippen molar-refractivity contribution in [1.82, 2.24) is 9.13 Å². The summed E-state index contributed by atoms with van der Waals surface area (Å²) in [6.07, 6.45) is -0.133. The molecule has 138 valence electrons. The van der Waals surface area contributed by atoms with Crippen LogP contribution in [-0.4, -0.2) is 27.5 Å². The monoisotopic (exact) mass is 474 g/mol. The van der Waals surface area contributed by atoms with Gasteiger partial charge in [-0.3, -0.25) is 23.5 Å². The lowest BCUT2D eigenvalue weighted by atomic mass is 10.0. The van der Waals surface area contributed by atoms with Gasteiger partial charge in [-0.2, -0.15) is 0 Å². The third-order valence-electron chi connectivity index (χ3n) is 3.84. The van der Waals surface area contributed by atoms with E-state index in [1.54, 1.807) is 6.07 Å². The van der Waals surface area contributed by atoms with Gasteiger partial charge in [-0.25, -0.2) is 9.18 Å². The van der Waals surface area contributed by atoms with Crippen LogP contribution in [0.25, 0.3) is 0 Å². The highest BCUT2D eigenvalue weighted by Crippen LogP contribution is 2.17. The lowest BCUT2D eigenvalue weighted by Crippen LogP contribution is -2.43. The number of halogens is 2. The first-order chi connectivity index (χ1) is 12.1. The molecule has 26 heavy (non-hydrogen) atoms. The minimum Gasteiger partial charge on any atom is -0.457 e. The fraction of sp³-hybridized carbons (Fsp3) is 0.294. The zero-order chi connectivity index (χ0) is 19.6. The van der Waals surface area contributed by atoms with Gasteiger partial charge in [0.1, 0.15) is 11.4 Å².